The van der Waals surface area contributed by atoms with E-state index in [1.54, 1.807) is 0 Å². The van der Waals surface area contributed by atoms with E-state index < -0.39 is 38.3 Å². The summed E-state index contributed by atoms with van der Waals surface area (Å²) < 4.78 is 62.6. The smallest absolute Gasteiger partial charge is 0.240 e. The summed E-state index contributed by atoms with van der Waals surface area (Å²) in [6.07, 6.45) is 0.436. The van der Waals surface area contributed by atoms with Crippen LogP contribution < -0.4 is 4.72 Å². The number of aliphatic hydroxyl groups excluding tert-OH is 1. The van der Waals surface area contributed by atoms with Crippen LogP contribution in [0, 0.1) is 5.82 Å². The van der Waals surface area contributed by atoms with Crippen LogP contribution in [0.25, 0.3) is 0 Å². The number of rotatable bonds is 4. The number of hydrogen-bond donors (Lipinski definition) is 2. The fraction of sp³-hybridized carbons (Fsp3) is 0.500. The van der Waals surface area contributed by atoms with E-state index in [0.717, 1.165) is 18.2 Å². The summed E-state index contributed by atoms with van der Waals surface area (Å²) in [5.41, 5.74) is -0.107. The van der Waals surface area contributed by atoms with Gasteiger partial charge in [0.1, 0.15) is 15.7 Å². The fourth-order valence-electron chi connectivity index (χ4n) is 2.13. The summed E-state index contributed by atoms with van der Waals surface area (Å²) in [5.74, 6) is -0.781. The molecule has 0 atom stereocenters. The van der Waals surface area contributed by atoms with Crippen LogP contribution in [0.5, 0.6) is 0 Å². The Morgan fingerprint density at radius 2 is 1.90 bits per heavy atom. The Balaban J connectivity index is 2.16. The molecule has 0 saturated carbocycles. The van der Waals surface area contributed by atoms with E-state index in [0.29, 0.717) is 0 Å². The van der Waals surface area contributed by atoms with E-state index in [1.807, 2.05) is 0 Å². The van der Waals surface area contributed by atoms with Crippen molar-refractivity contribution in [2.24, 2.45) is 0 Å². The molecule has 9 heteroatoms. The van der Waals surface area contributed by atoms with Gasteiger partial charge in [0.15, 0.2) is 0 Å². The topological polar surface area (TPSA) is 101 Å². The molecule has 0 bridgehead atoms. The van der Waals surface area contributed by atoms with Gasteiger partial charge in [-0.15, -0.1) is 0 Å². The number of benzene rings is 1. The zero-order valence-corrected chi connectivity index (χ0v) is 12.8. The molecule has 0 unspecified atom stereocenters. The lowest BCUT2D eigenvalue weighted by atomic mass is 10.2. The summed E-state index contributed by atoms with van der Waals surface area (Å²) >= 11 is 0. The molecule has 6 nitrogen and oxygen atoms in total. The molecule has 1 aromatic carbocycles. The highest BCUT2D eigenvalue weighted by molar-refractivity contribution is 7.91. The summed E-state index contributed by atoms with van der Waals surface area (Å²) in [7, 11) is -6.94. The first kappa shape index (κ1) is 16.3. The second-order valence-electron chi connectivity index (χ2n) is 4.96. The van der Waals surface area contributed by atoms with Gasteiger partial charge in [0.05, 0.1) is 23.0 Å². The van der Waals surface area contributed by atoms with Crippen LogP contribution in [0.2, 0.25) is 0 Å². The molecule has 0 aromatic heterocycles. The van der Waals surface area contributed by atoms with E-state index in [4.69, 9.17) is 5.11 Å². The van der Waals surface area contributed by atoms with Crippen LogP contribution in [-0.4, -0.2) is 39.5 Å². The minimum Gasteiger partial charge on any atom is -0.392 e. The number of sulfonamides is 1. The fourth-order valence-corrected chi connectivity index (χ4v) is 4.98. The van der Waals surface area contributed by atoms with E-state index in [1.165, 1.54) is 0 Å². The number of sulfone groups is 1. The third-order valence-electron chi connectivity index (χ3n) is 3.37. The van der Waals surface area contributed by atoms with E-state index in [-0.39, 0.29) is 34.8 Å². The molecule has 0 amide bonds. The number of halogens is 1. The number of nitrogens with one attached hydrogen (secondary N) is 1. The zero-order chi connectivity index (χ0) is 15.7. The van der Waals surface area contributed by atoms with Crippen molar-refractivity contribution in [2.45, 2.75) is 30.4 Å². The Morgan fingerprint density at radius 1 is 1.29 bits per heavy atom. The standard InChI is InChI=1S/C12H16FNO5S2/c13-12-2-1-11(7-9(12)8-15)21(18,19)14-10-3-5-20(16,17)6-4-10/h1-2,7,10,14-15H,3-6,8H2. The predicted octanol–water partition coefficient (Wildman–Crippen LogP) is 0.173. The Morgan fingerprint density at radius 3 is 2.48 bits per heavy atom. The van der Waals surface area contributed by atoms with Crippen molar-refractivity contribution in [3.8, 4) is 0 Å². The molecule has 1 fully saturated rings. The first-order chi connectivity index (χ1) is 9.73. The van der Waals surface area contributed by atoms with Gasteiger partial charge >= 0.3 is 0 Å². The molecule has 0 spiro atoms. The van der Waals surface area contributed by atoms with Gasteiger partial charge in [-0.25, -0.2) is 25.9 Å². The third kappa shape index (κ3) is 4.00. The largest absolute Gasteiger partial charge is 0.392 e. The van der Waals surface area contributed by atoms with Gasteiger partial charge < -0.3 is 5.11 Å². The monoisotopic (exact) mass is 337 g/mol. The molecule has 1 aromatic rings. The van der Waals surface area contributed by atoms with E-state index in [9.17, 15) is 21.2 Å². The average Bonchev–Trinajstić information content (AvgIpc) is 2.41. The molecule has 2 rings (SSSR count). The molecule has 1 heterocycles. The molecule has 1 aliphatic rings. The van der Waals surface area contributed by atoms with Crippen LogP contribution >= 0.6 is 0 Å². The first-order valence-electron chi connectivity index (χ1n) is 6.35. The van der Waals surface area contributed by atoms with Gasteiger partial charge in [-0.05, 0) is 31.0 Å². The van der Waals surface area contributed by atoms with Crippen molar-refractivity contribution >= 4 is 19.9 Å². The van der Waals surface area contributed by atoms with Crippen LogP contribution in [0.15, 0.2) is 23.1 Å². The highest BCUT2D eigenvalue weighted by Crippen LogP contribution is 2.18. The first-order valence-corrected chi connectivity index (χ1v) is 9.66. The van der Waals surface area contributed by atoms with Crippen LogP contribution in [0.4, 0.5) is 4.39 Å². The number of hydrogen-bond acceptors (Lipinski definition) is 5. The predicted molar refractivity (Wildman–Crippen MR) is 74.3 cm³/mol. The minimum atomic E-state index is -3.87. The van der Waals surface area contributed by atoms with Gasteiger partial charge in [0, 0.05) is 11.6 Å². The second-order valence-corrected chi connectivity index (χ2v) is 8.98. The summed E-state index contributed by atoms with van der Waals surface area (Å²) in [6, 6.07) is 2.69. The maximum atomic E-state index is 13.3. The summed E-state index contributed by atoms with van der Waals surface area (Å²) in [5, 5.41) is 8.97. The lowest BCUT2D eigenvalue weighted by Crippen LogP contribution is -2.40. The molecule has 118 valence electrons. The van der Waals surface area contributed by atoms with Crippen LogP contribution in [0.3, 0.4) is 0 Å². The SMILES string of the molecule is O=S1(=O)CCC(NS(=O)(=O)c2ccc(F)c(CO)c2)CC1. The normalized spacial score (nSPS) is 19.5. The van der Waals surface area contributed by atoms with Crippen LogP contribution in [-0.2, 0) is 26.5 Å². The molecule has 0 aliphatic carbocycles. The highest BCUT2D eigenvalue weighted by atomic mass is 32.2. The second kappa shape index (κ2) is 5.99. The molecule has 21 heavy (non-hydrogen) atoms. The molecular formula is C12H16FNO5S2. The van der Waals surface area contributed by atoms with Crippen LogP contribution in [0.1, 0.15) is 18.4 Å². The molecular weight excluding hydrogens is 321 g/mol. The van der Waals surface area contributed by atoms with Crippen molar-refractivity contribution in [3.63, 3.8) is 0 Å². The Bertz CT molecular complexity index is 716. The lowest BCUT2D eigenvalue weighted by Gasteiger charge is -2.23. The quantitative estimate of drug-likeness (QED) is 0.816. The zero-order valence-electron chi connectivity index (χ0n) is 11.1. The summed E-state index contributed by atoms with van der Waals surface area (Å²) in [6.45, 7) is -0.600. The Labute approximate surface area is 123 Å². The minimum absolute atomic E-state index is 0.0501. The number of aliphatic hydroxyl groups is 1. The lowest BCUT2D eigenvalue weighted by molar-refractivity contribution is 0.275. The average molecular weight is 337 g/mol. The van der Waals surface area contributed by atoms with Gasteiger partial charge in [0.2, 0.25) is 10.0 Å². The van der Waals surface area contributed by atoms with Crippen molar-refractivity contribution in [1.82, 2.24) is 4.72 Å². The van der Waals surface area contributed by atoms with Crippen molar-refractivity contribution in [1.29, 1.82) is 0 Å². The van der Waals surface area contributed by atoms with Gasteiger partial charge in [-0.1, -0.05) is 0 Å². The molecule has 2 N–H and O–H groups in total. The molecule has 1 aliphatic heterocycles. The van der Waals surface area contributed by atoms with Gasteiger partial charge in [-0.2, -0.15) is 0 Å². The molecule has 0 radical (unpaired) electrons. The van der Waals surface area contributed by atoms with Crippen molar-refractivity contribution in [3.05, 3.63) is 29.6 Å². The van der Waals surface area contributed by atoms with Gasteiger partial charge in [-0.3, -0.25) is 0 Å². The van der Waals surface area contributed by atoms with Crippen molar-refractivity contribution < 1.29 is 26.3 Å². The Hall–Kier alpha value is -1.03. The van der Waals surface area contributed by atoms with E-state index in [2.05, 4.69) is 4.72 Å². The highest BCUT2D eigenvalue weighted by Gasteiger charge is 2.27. The Kier molecular flexibility index (Phi) is 4.66. The van der Waals surface area contributed by atoms with Gasteiger partial charge in [0.25, 0.3) is 0 Å². The maximum Gasteiger partial charge on any atom is 0.240 e. The molecule has 1 saturated heterocycles. The maximum absolute atomic E-state index is 13.3. The summed E-state index contributed by atoms with van der Waals surface area (Å²) in [4.78, 5) is -0.151. The van der Waals surface area contributed by atoms with E-state index >= 15 is 0 Å². The van der Waals surface area contributed by atoms with Crippen molar-refractivity contribution in [2.75, 3.05) is 11.5 Å². The third-order valence-corrected chi connectivity index (χ3v) is 6.61.